The summed E-state index contributed by atoms with van der Waals surface area (Å²) in [6, 6.07) is 3.43. The van der Waals surface area contributed by atoms with Crippen molar-refractivity contribution in [3.05, 3.63) is 81.1 Å². The average molecular weight is 793 g/mol. The highest BCUT2D eigenvalue weighted by Gasteiger charge is 2.37. The highest BCUT2D eigenvalue weighted by molar-refractivity contribution is 8.12. The van der Waals surface area contributed by atoms with Gasteiger partial charge in [-0.2, -0.15) is 0 Å². The van der Waals surface area contributed by atoms with Gasteiger partial charge in [0, 0.05) is 232 Å². The summed E-state index contributed by atoms with van der Waals surface area (Å²) >= 11 is 5.88. The Kier molecular flexibility index (Phi) is 22.8. The second kappa shape index (κ2) is 25.9. The van der Waals surface area contributed by atoms with E-state index in [1.807, 2.05) is 0 Å². The van der Waals surface area contributed by atoms with Gasteiger partial charge in [-0.3, -0.25) is 14.8 Å². The Balaban J connectivity index is 0.000000229. The van der Waals surface area contributed by atoms with Crippen molar-refractivity contribution in [2.75, 3.05) is 0 Å². The molecule has 33 radical (unpaired) electrons. The quantitative estimate of drug-likeness (QED) is 0.0909. The molecule has 6 rings (SSSR count). The van der Waals surface area contributed by atoms with Gasteiger partial charge >= 0.3 is 5.97 Å². The number of fused-ring (bicyclic) bond motifs is 1. The van der Waals surface area contributed by atoms with E-state index in [-0.39, 0.29) is 17.0 Å². The van der Waals surface area contributed by atoms with Crippen LogP contribution in [0.25, 0.3) is 22.3 Å². The van der Waals surface area contributed by atoms with Gasteiger partial charge in [0.25, 0.3) is 5.56 Å². The normalized spacial score (nSPS) is 12.2. The standard InChI is InChI=1S/C15H11ClN4O.C9H8FNO2.B15.B14/c16-12-5-9(3-4-18-12)14-19-11-7-17-6-10(8-1-2-8)13(11)15(21)20-14;10-7-4-11-3-6(5-1-2-5)8(7)9(12)13;1-9-13(8)15(12(6)7)14(10(2)3)11(4)5;1-9(2)13(10(3)4)14(11(5)6)12(7)8/h3-8H,1-2H2,(H,19,20,21);3-5H,1-2H2,(H,12,13);;. The van der Waals surface area contributed by atoms with Gasteiger partial charge < -0.3 is 10.1 Å². The Morgan fingerprint density at radius 3 is 1.59 bits per heavy atom. The van der Waals surface area contributed by atoms with Crippen LogP contribution in [0.1, 0.15) is 59.0 Å². The molecule has 2 saturated carbocycles. The molecule has 8 nitrogen and oxygen atoms in total. The highest BCUT2D eigenvalue weighted by Crippen LogP contribution is 2.42. The van der Waals surface area contributed by atoms with Crippen LogP contribution in [0, 0.1) is 5.82 Å². The Morgan fingerprint density at radius 2 is 1.16 bits per heavy atom. The van der Waals surface area contributed by atoms with Crippen LogP contribution in [0.2, 0.25) is 5.15 Å². The number of hydrogen-bond acceptors (Lipinski definition) is 6. The average Bonchev–Trinajstić information content (AvgIpc) is 4.13. The summed E-state index contributed by atoms with van der Waals surface area (Å²) < 4.78 is 13.0. The second-order valence-corrected chi connectivity index (χ2v) is 15.9. The molecule has 0 spiro atoms. The molecule has 0 bridgehead atoms. The van der Waals surface area contributed by atoms with Gasteiger partial charge in [0.2, 0.25) is 0 Å². The van der Waals surface area contributed by atoms with Crippen LogP contribution in [0.5, 0.6) is 0 Å². The zero-order chi connectivity index (χ0) is 47.5. The van der Waals surface area contributed by atoms with Gasteiger partial charge in [-0.1, -0.05) is 11.6 Å². The first-order valence-corrected chi connectivity index (χ1v) is 20.2. The first kappa shape index (κ1) is 55.5. The molecule has 0 saturated heterocycles. The molecule has 2 fully saturated rings. The third kappa shape index (κ3) is 16.2. The largest absolute Gasteiger partial charge is 0.478 e. The maximum absolute atomic E-state index is 13.0. The number of carboxylic acid groups (broad SMARTS) is 1. The Bertz CT molecular complexity index is 2100. The lowest BCUT2D eigenvalue weighted by Crippen LogP contribution is -2.73. The number of nitrogens with one attached hydrogen (secondary N) is 1. The minimum atomic E-state index is -1.21. The molecule has 0 amide bonds. The first-order chi connectivity index (χ1) is 29.5. The molecule has 259 valence electrons. The SMILES string of the molecule is O=C(O)c1c(F)cncc1C1CC1.O=c1[nH]c(-c2ccnc(Cl)c2)nc2cncc(C3CC3)c12.[B]B([B])B(B([B])[B])B(B([B])[B])B([B])[B].[B][B]B([B])B(B([B])[B])B(B([B])[B])B([B])[B]. The number of H-pyrrole nitrogens is 1. The van der Waals surface area contributed by atoms with E-state index in [0.29, 0.717) is 33.4 Å². The molecular weight excluding hydrogens is 774 g/mol. The fourth-order valence-electron chi connectivity index (χ4n) is 7.09. The first-order valence-electron chi connectivity index (χ1n) is 19.8. The number of pyridine rings is 3. The molecule has 0 aliphatic heterocycles. The Labute approximate surface area is 402 Å². The van der Waals surface area contributed by atoms with Crippen LogP contribution in [0.3, 0.4) is 0 Å². The van der Waals surface area contributed by atoms with Crippen molar-refractivity contribution in [2.45, 2.75) is 37.5 Å². The number of carboxylic acids is 1. The van der Waals surface area contributed by atoms with E-state index < -0.39 is 88.4 Å². The topological polar surface area (TPSA) is 122 Å². The monoisotopic (exact) mass is 798 g/mol. The summed E-state index contributed by atoms with van der Waals surface area (Å²) in [5.74, 6) is -0.815. The molecular formula is C24H19B29ClFN5O3. The number of carbonyl (C=O) groups is 1. The third-order valence-electron chi connectivity index (χ3n) is 10.5. The van der Waals surface area contributed by atoms with Gasteiger partial charge in [0.1, 0.15) is 16.5 Å². The van der Waals surface area contributed by atoms with Crippen LogP contribution < -0.4 is 5.56 Å². The van der Waals surface area contributed by atoms with E-state index in [0.717, 1.165) is 43.0 Å². The van der Waals surface area contributed by atoms with Crippen molar-refractivity contribution in [3.8, 4) is 11.4 Å². The van der Waals surface area contributed by atoms with Gasteiger partial charge in [-0.25, -0.2) is 19.2 Å². The van der Waals surface area contributed by atoms with Crippen molar-refractivity contribution < 1.29 is 14.3 Å². The number of halogens is 2. The lowest BCUT2D eigenvalue weighted by molar-refractivity contribution is 0.0690. The minimum absolute atomic E-state index is 0.132. The lowest BCUT2D eigenvalue weighted by atomic mass is 8.46. The molecule has 2 N–H and O–H groups in total. The molecule has 0 aromatic carbocycles. The molecule has 4 aromatic rings. The zero-order valence-corrected chi connectivity index (χ0v) is 35.3. The number of hydrogen-bond donors (Lipinski definition) is 2. The third-order valence-corrected chi connectivity index (χ3v) is 10.7. The van der Waals surface area contributed by atoms with Gasteiger partial charge in [-0.05, 0) is 60.8 Å². The minimum Gasteiger partial charge on any atom is -0.478 e. The van der Waals surface area contributed by atoms with E-state index in [2.05, 4.69) is 24.9 Å². The Morgan fingerprint density at radius 1 is 0.714 bits per heavy atom. The van der Waals surface area contributed by atoms with E-state index in [1.165, 1.54) is 13.3 Å². The predicted octanol–water partition coefficient (Wildman–Crippen LogP) is -6.34. The van der Waals surface area contributed by atoms with E-state index >= 15 is 0 Å². The molecule has 0 unspecified atom stereocenters. The van der Waals surface area contributed by atoms with E-state index in [1.54, 1.807) is 30.7 Å². The summed E-state index contributed by atoms with van der Waals surface area (Å²) in [4.78, 5) is 42.3. The summed E-state index contributed by atoms with van der Waals surface area (Å²) in [6.07, 6.45) is 3.63. The van der Waals surface area contributed by atoms with E-state index in [4.69, 9.17) is 141 Å². The van der Waals surface area contributed by atoms with Crippen molar-refractivity contribution >= 4 is 236 Å². The van der Waals surface area contributed by atoms with Crippen molar-refractivity contribution in [1.82, 2.24) is 24.9 Å². The summed E-state index contributed by atoms with van der Waals surface area (Å²) in [7, 11) is 89.8. The van der Waals surface area contributed by atoms with Gasteiger partial charge in [0.05, 0.1) is 23.3 Å². The molecule has 2 aliphatic carbocycles. The molecule has 63 heavy (non-hydrogen) atoms. The van der Waals surface area contributed by atoms with Crippen molar-refractivity contribution in [3.63, 3.8) is 0 Å². The summed E-state index contributed by atoms with van der Waals surface area (Å²) in [5.41, 5.74) is 2.54. The van der Waals surface area contributed by atoms with Crippen LogP contribution in [-0.4, -0.2) is 243 Å². The van der Waals surface area contributed by atoms with Crippen molar-refractivity contribution in [2.24, 2.45) is 0 Å². The van der Waals surface area contributed by atoms with Crippen LogP contribution >= 0.6 is 11.6 Å². The molecule has 0 atom stereocenters. The highest BCUT2D eigenvalue weighted by atomic mass is 35.5. The molecule has 4 aromatic heterocycles. The maximum Gasteiger partial charge on any atom is 0.339 e. The number of rotatable bonds is 15. The number of aromatic nitrogens is 5. The fourth-order valence-corrected chi connectivity index (χ4v) is 7.27. The van der Waals surface area contributed by atoms with Crippen LogP contribution in [0.15, 0.2) is 47.9 Å². The molecule has 2 aliphatic rings. The molecule has 4 heterocycles. The summed E-state index contributed by atoms with van der Waals surface area (Å²) in [5, 5.41) is 9.77. The lowest BCUT2D eigenvalue weighted by Gasteiger charge is -2.35. The second-order valence-electron chi connectivity index (χ2n) is 15.5. The Hall–Kier alpha value is -1.84. The maximum atomic E-state index is 13.0. The van der Waals surface area contributed by atoms with Crippen LogP contribution in [0.4, 0.5) is 4.39 Å². The smallest absolute Gasteiger partial charge is 0.339 e. The predicted molar refractivity (Wildman–Crippen MR) is 290 cm³/mol. The van der Waals surface area contributed by atoms with E-state index in [9.17, 15) is 14.0 Å². The van der Waals surface area contributed by atoms with Crippen molar-refractivity contribution in [1.29, 1.82) is 0 Å². The van der Waals surface area contributed by atoms with Gasteiger partial charge in [0.15, 0.2) is 5.82 Å². The number of aromatic carboxylic acids is 1. The number of aromatic amines is 1. The number of nitrogens with zero attached hydrogens (tertiary/aromatic N) is 4. The zero-order valence-electron chi connectivity index (χ0n) is 34.6. The fraction of sp³-hybridized carbons (Fsp3) is 0.250. The van der Waals surface area contributed by atoms with Gasteiger partial charge in [-0.15, -0.1) is 0 Å². The summed E-state index contributed by atoms with van der Waals surface area (Å²) in [6.45, 7) is 0. The molecule has 39 heteroatoms. The van der Waals surface area contributed by atoms with Crippen LogP contribution in [-0.2, 0) is 0 Å².